The highest BCUT2D eigenvalue weighted by molar-refractivity contribution is 7.90. The molecule has 1 fully saturated rings. The van der Waals surface area contributed by atoms with Crippen molar-refractivity contribution < 1.29 is 18.9 Å². The molecular weight excluding hydrogens is 522 g/mol. The highest BCUT2D eigenvalue weighted by atomic mass is 32.2. The topological polar surface area (TPSA) is 95.4 Å². The summed E-state index contributed by atoms with van der Waals surface area (Å²) in [4.78, 5) is 26.1. The number of nitrogens with zero attached hydrogens (tertiary/aromatic N) is 1. The van der Waals surface area contributed by atoms with Gasteiger partial charge in [-0.25, -0.2) is 0 Å². The largest absolute Gasteiger partial charge is 0.588 e. The lowest BCUT2D eigenvalue weighted by Gasteiger charge is -2.14. The molecule has 3 aromatic carbocycles. The van der Waals surface area contributed by atoms with Gasteiger partial charge in [0.15, 0.2) is 4.90 Å². The average Bonchev–Trinajstić information content (AvgIpc) is 3.56. The summed E-state index contributed by atoms with van der Waals surface area (Å²) >= 11 is -1.67. The number of methoxy groups -OCH3 is 1. The molecule has 40 heavy (non-hydrogen) atoms. The van der Waals surface area contributed by atoms with Gasteiger partial charge in [-0.1, -0.05) is 37.1 Å². The molecule has 1 saturated carbocycles. The van der Waals surface area contributed by atoms with Crippen LogP contribution in [0, 0.1) is 12.8 Å². The van der Waals surface area contributed by atoms with Crippen LogP contribution in [-0.2, 0) is 29.6 Å². The number of benzene rings is 3. The molecule has 0 radical (unpaired) electrons. The minimum absolute atomic E-state index is 0.0719. The molecule has 0 aliphatic heterocycles. The van der Waals surface area contributed by atoms with Crippen LogP contribution in [0.3, 0.4) is 0 Å². The van der Waals surface area contributed by atoms with Crippen LogP contribution in [-0.4, -0.2) is 28.0 Å². The molecule has 1 unspecified atom stereocenters. The Labute approximate surface area is 238 Å². The molecule has 1 aliphatic rings. The molecule has 1 aromatic heterocycles. The Morgan fingerprint density at radius 1 is 1.05 bits per heavy atom. The number of rotatable bonds is 9. The first-order chi connectivity index (χ1) is 19.3. The normalized spacial score (nSPS) is 14.3. The van der Waals surface area contributed by atoms with E-state index in [0.717, 1.165) is 46.1 Å². The number of aromatic nitrogens is 1. The number of hydrogen-bond donors (Lipinski definition) is 2. The summed E-state index contributed by atoms with van der Waals surface area (Å²) in [6, 6.07) is 18.6. The van der Waals surface area contributed by atoms with Crippen molar-refractivity contribution in [2.45, 2.75) is 50.3 Å². The highest BCUT2D eigenvalue weighted by Gasteiger charge is 2.21. The summed E-state index contributed by atoms with van der Waals surface area (Å²) < 4.78 is 23.1. The molecule has 0 spiro atoms. The van der Waals surface area contributed by atoms with E-state index in [-0.39, 0.29) is 5.91 Å². The Hall–Kier alpha value is -3.75. The lowest BCUT2D eigenvalue weighted by molar-refractivity contribution is -0.117. The van der Waals surface area contributed by atoms with Gasteiger partial charge in [-0.3, -0.25) is 9.59 Å². The van der Waals surface area contributed by atoms with Gasteiger partial charge in [-0.2, -0.15) is 4.72 Å². The van der Waals surface area contributed by atoms with Crippen LogP contribution in [0.2, 0.25) is 0 Å². The van der Waals surface area contributed by atoms with E-state index < -0.39 is 17.3 Å². The number of fused-ring (bicyclic) bond motifs is 1. The van der Waals surface area contributed by atoms with Gasteiger partial charge in [0.1, 0.15) is 17.1 Å². The zero-order chi connectivity index (χ0) is 28.2. The third kappa shape index (κ3) is 6.18. The summed E-state index contributed by atoms with van der Waals surface area (Å²) in [6.07, 6.45) is 7.97. The molecule has 1 atom stereocenters. The lowest BCUT2D eigenvalue weighted by atomic mass is 10.0. The lowest BCUT2D eigenvalue weighted by Crippen LogP contribution is -2.31. The van der Waals surface area contributed by atoms with Gasteiger partial charge in [-0.15, -0.1) is 0 Å². The van der Waals surface area contributed by atoms with Crippen molar-refractivity contribution in [2.75, 3.05) is 12.4 Å². The summed E-state index contributed by atoms with van der Waals surface area (Å²) in [5, 5.41) is 4.15. The molecule has 2 amide bonds. The van der Waals surface area contributed by atoms with Crippen molar-refractivity contribution in [2.24, 2.45) is 13.0 Å². The first-order valence-corrected chi connectivity index (χ1v) is 14.8. The van der Waals surface area contributed by atoms with Gasteiger partial charge >= 0.3 is 0 Å². The van der Waals surface area contributed by atoms with E-state index in [1.165, 1.54) is 12.8 Å². The number of amides is 2. The number of aryl methyl sites for hydroxylation is 2. The maximum absolute atomic E-state index is 12.9. The van der Waals surface area contributed by atoms with E-state index in [9.17, 15) is 14.1 Å². The maximum Gasteiger partial charge on any atom is 0.292 e. The summed E-state index contributed by atoms with van der Waals surface area (Å²) in [5.74, 6) is 0.709. The van der Waals surface area contributed by atoms with E-state index >= 15 is 0 Å². The number of anilines is 1. The van der Waals surface area contributed by atoms with Crippen LogP contribution >= 0.6 is 0 Å². The first kappa shape index (κ1) is 27.8. The van der Waals surface area contributed by atoms with Crippen LogP contribution in [0.1, 0.15) is 59.2 Å². The fourth-order valence-electron chi connectivity index (χ4n) is 5.58. The van der Waals surface area contributed by atoms with Crippen molar-refractivity contribution in [1.82, 2.24) is 9.29 Å². The predicted octanol–water partition coefficient (Wildman–Crippen LogP) is 6.06. The van der Waals surface area contributed by atoms with E-state index in [1.807, 2.05) is 50.4 Å². The minimum Gasteiger partial charge on any atom is -0.588 e. The second-order valence-corrected chi connectivity index (χ2v) is 11.8. The van der Waals surface area contributed by atoms with Crippen molar-refractivity contribution in [3.8, 4) is 5.75 Å². The van der Waals surface area contributed by atoms with Gasteiger partial charge in [0.25, 0.3) is 5.91 Å². The molecule has 1 aliphatic carbocycles. The molecule has 2 N–H and O–H groups in total. The maximum atomic E-state index is 12.9. The van der Waals surface area contributed by atoms with E-state index in [2.05, 4.69) is 20.8 Å². The van der Waals surface area contributed by atoms with Crippen molar-refractivity contribution in [1.29, 1.82) is 0 Å². The Morgan fingerprint density at radius 2 is 1.82 bits per heavy atom. The molecule has 5 rings (SSSR count). The summed E-state index contributed by atoms with van der Waals surface area (Å²) in [7, 11) is 3.58. The van der Waals surface area contributed by atoms with E-state index in [0.29, 0.717) is 35.0 Å². The van der Waals surface area contributed by atoms with Crippen LogP contribution in [0.5, 0.6) is 5.75 Å². The predicted molar refractivity (Wildman–Crippen MR) is 159 cm³/mol. The monoisotopic (exact) mass is 557 g/mol. The Kier molecular flexibility index (Phi) is 8.47. The fraction of sp³-hybridized carbons (Fsp3) is 0.312. The quantitative estimate of drug-likeness (QED) is 0.245. The molecular formula is C32H35N3O4S. The Morgan fingerprint density at radius 3 is 2.58 bits per heavy atom. The van der Waals surface area contributed by atoms with Crippen LogP contribution in [0.15, 0.2) is 71.8 Å². The van der Waals surface area contributed by atoms with Gasteiger partial charge in [0, 0.05) is 53.8 Å². The minimum atomic E-state index is -1.67. The SMILES string of the molecule is COc1cc(C(=O)N[S+]([O-])c2ccccc2C)ccc1Cc1cn(C)c2ccc(NC(=O)CC3CCCC3)cc12. The molecule has 8 heteroatoms. The summed E-state index contributed by atoms with van der Waals surface area (Å²) in [6.45, 7) is 1.86. The van der Waals surface area contributed by atoms with Gasteiger partial charge in [-0.05, 0) is 73.2 Å². The summed E-state index contributed by atoms with van der Waals surface area (Å²) in [5.41, 5.74) is 5.08. The number of carbonyl (C=O) groups is 2. The van der Waals surface area contributed by atoms with Crippen LogP contribution in [0.4, 0.5) is 5.69 Å². The number of hydrogen-bond acceptors (Lipinski definition) is 4. The van der Waals surface area contributed by atoms with Gasteiger partial charge < -0.3 is 19.2 Å². The molecule has 7 nitrogen and oxygen atoms in total. The second kappa shape index (κ2) is 12.2. The first-order valence-electron chi connectivity index (χ1n) is 13.7. The van der Waals surface area contributed by atoms with Crippen molar-refractivity contribution in [3.63, 3.8) is 0 Å². The molecule has 0 bridgehead atoms. The van der Waals surface area contributed by atoms with Gasteiger partial charge in [0.05, 0.1) is 7.11 Å². The zero-order valence-corrected chi connectivity index (χ0v) is 24.0. The third-order valence-corrected chi connectivity index (χ3v) is 8.94. The standard InChI is InChI=1S/C32H35N3O4S/c1-21-8-4-7-11-30(21)40(38)34-32(37)24-13-12-23(29(18-24)39-3)17-25-20-35(2)28-15-14-26(19-27(25)28)33-31(36)16-22-9-5-6-10-22/h4,7-8,11-15,18-20,22H,5-6,9-10,16-17H2,1-3H3,(H,33,36)(H,34,37). The van der Waals surface area contributed by atoms with Crippen molar-refractivity contribution in [3.05, 3.63) is 89.1 Å². The third-order valence-electron chi connectivity index (χ3n) is 7.71. The molecule has 0 saturated heterocycles. The number of nitrogens with one attached hydrogen (secondary N) is 2. The Balaban J connectivity index is 1.33. The molecule has 208 valence electrons. The van der Waals surface area contributed by atoms with Gasteiger partial charge in [0.2, 0.25) is 5.91 Å². The molecule has 1 heterocycles. The highest BCUT2D eigenvalue weighted by Crippen LogP contribution is 2.31. The zero-order valence-electron chi connectivity index (χ0n) is 23.2. The Bertz CT molecular complexity index is 1540. The molecule has 4 aromatic rings. The van der Waals surface area contributed by atoms with Crippen molar-refractivity contribution >= 4 is 39.8 Å². The average molecular weight is 558 g/mol. The fourth-order valence-corrected chi connectivity index (χ4v) is 6.54. The van der Waals surface area contributed by atoms with Crippen LogP contribution < -0.4 is 14.8 Å². The smallest absolute Gasteiger partial charge is 0.292 e. The number of ether oxygens (including phenoxy) is 1. The van der Waals surface area contributed by atoms with E-state index in [1.54, 1.807) is 31.4 Å². The second-order valence-electron chi connectivity index (χ2n) is 10.6. The van der Waals surface area contributed by atoms with Crippen LogP contribution in [0.25, 0.3) is 10.9 Å². The van der Waals surface area contributed by atoms with E-state index in [4.69, 9.17) is 4.74 Å². The number of carbonyl (C=O) groups excluding carboxylic acids is 2.